The van der Waals surface area contributed by atoms with Crippen LogP contribution in [0.3, 0.4) is 0 Å². The Morgan fingerprint density at radius 1 is 0.947 bits per heavy atom. The Labute approximate surface area is 227 Å². The molecule has 208 valence electrons. The highest BCUT2D eigenvalue weighted by atomic mass is 19.1. The number of nitrogens with zero attached hydrogens (tertiary/aromatic N) is 1. The Kier molecular flexibility index (Phi) is 13.5. The minimum atomic E-state index is -0.537. The van der Waals surface area contributed by atoms with Gasteiger partial charge in [0.1, 0.15) is 23.9 Å². The topological polar surface area (TPSA) is 62.2 Å². The predicted octanol–water partition coefficient (Wildman–Crippen LogP) is 7.77. The van der Waals surface area contributed by atoms with Gasteiger partial charge >= 0.3 is 0 Å². The molecule has 5 rings (SSSR count). The third-order valence-corrected chi connectivity index (χ3v) is 6.58. The van der Waals surface area contributed by atoms with E-state index in [4.69, 9.17) is 19.7 Å². The summed E-state index contributed by atoms with van der Waals surface area (Å²) in [6.45, 7) is 13.1. The zero-order valence-corrected chi connectivity index (χ0v) is 23.4. The number of rotatable bonds is 4. The third-order valence-electron chi connectivity index (χ3n) is 6.58. The highest BCUT2D eigenvalue weighted by molar-refractivity contribution is 5.44. The minimum Gasteiger partial charge on any atom is -0.508 e. The molecule has 3 aromatic rings. The number of hydrogen-bond donors (Lipinski definition) is 2. The van der Waals surface area contributed by atoms with Crippen molar-refractivity contribution < 1.29 is 24.1 Å². The first-order valence-electron chi connectivity index (χ1n) is 13.7. The number of halogens is 1. The molecule has 0 aromatic heterocycles. The fraction of sp³-hybridized carbons (Fsp3) is 0.438. The number of fused-ring (bicyclic) bond motifs is 1. The molecule has 3 atom stereocenters. The SMILES string of the molecule is CC.CC1CCCN1C(C)COc1ccccc1.CC1CCOc2ccc(O)c(F)c21.Oc1ccccc1. The van der Waals surface area contributed by atoms with Crippen LogP contribution in [0.4, 0.5) is 4.39 Å². The van der Waals surface area contributed by atoms with E-state index < -0.39 is 5.82 Å². The lowest BCUT2D eigenvalue weighted by atomic mass is 9.94. The highest BCUT2D eigenvalue weighted by Crippen LogP contribution is 2.38. The lowest BCUT2D eigenvalue weighted by Gasteiger charge is -2.28. The molecule has 0 amide bonds. The lowest BCUT2D eigenvalue weighted by Crippen LogP contribution is -2.39. The van der Waals surface area contributed by atoms with E-state index in [1.54, 1.807) is 30.3 Å². The summed E-state index contributed by atoms with van der Waals surface area (Å²) in [6, 6.07) is 22.9. The Morgan fingerprint density at radius 2 is 1.58 bits per heavy atom. The maximum atomic E-state index is 13.4. The van der Waals surface area contributed by atoms with Crippen molar-refractivity contribution in [3.63, 3.8) is 0 Å². The molecule has 2 heterocycles. The molecular weight excluding hydrogens is 481 g/mol. The number of phenols is 2. The van der Waals surface area contributed by atoms with Gasteiger partial charge in [0.15, 0.2) is 11.6 Å². The van der Waals surface area contributed by atoms with Gasteiger partial charge in [0.25, 0.3) is 0 Å². The number of aromatic hydroxyl groups is 2. The standard InChI is InChI=1S/C14H21NO.C10H11FO2.C6H6O.C2H6/c1-12-7-6-10-15(12)13(2)11-16-14-8-4-3-5-9-14;1-6-4-5-13-8-3-2-7(12)10(11)9(6)8;7-6-4-2-1-3-5-6;1-2/h3-5,8-9,12-13H,6-7,10-11H2,1-2H3;2-3,6,12H,4-5H2,1H3;1-5,7H;1-2H3. The molecule has 3 aromatic carbocycles. The van der Waals surface area contributed by atoms with Crippen LogP contribution >= 0.6 is 0 Å². The fourth-order valence-electron chi connectivity index (χ4n) is 4.51. The minimum absolute atomic E-state index is 0.121. The molecule has 0 radical (unpaired) electrons. The molecule has 3 unspecified atom stereocenters. The van der Waals surface area contributed by atoms with Gasteiger partial charge in [-0.25, -0.2) is 4.39 Å². The average Bonchev–Trinajstić information content (AvgIpc) is 3.38. The van der Waals surface area contributed by atoms with Crippen molar-refractivity contribution in [3.8, 4) is 23.0 Å². The van der Waals surface area contributed by atoms with E-state index in [-0.39, 0.29) is 11.7 Å². The van der Waals surface area contributed by atoms with Gasteiger partial charge in [-0.1, -0.05) is 57.2 Å². The van der Waals surface area contributed by atoms with Gasteiger partial charge in [-0.15, -0.1) is 0 Å². The zero-order valence-electron chi connectivity index (χ0n) is 23.4. The van der Waals surface area contributed by atoms with Gasteiger partial charge < -0.3 is 19.7 Å². The van der Waals surface area contributed by atoms with Crippen LogP contribution in [-0.2, 0) is 0 Å². The van der Waals surface area contributed by atoms with Crippen molar-refractivity contribution in [2.24, 2.45) is 0 Å². The Morgan fingerprint density at radius 3 is 2.13 bits per heavy atom. The number of para-hydroxylation sites is 2. The zero-order chi connectivity index (χ0) is 27.9. The Hall–Kier alpha value is -3.25. The van der Waals surface area contributed by atoms with E-state index in [0.717, 1.165) is 24.8 Å². The van der Waals surface area contributed by atoms with Crippen molar-refractivity contribution in [3.05, 3.63) is 84.2 Å². The molecule has 0 bridgehead atoms. The van der Waals surface area contributed by atoms with Crippen LogP contribution in [0, 0.1) is 5.82 Å². The second-order valence-corrected chi connectivity index (χ2v) is 9.39. The molecule has 2 aliphatic rings. The smallest absolute Gasteiger partial charge is 0.171 e. The summed E-state index contributed by atoms with van der Waals surface area (Å²) in [5, 5.41) is 17.8. The van der Waals surface area contributed by atoms with Gasteiger partial charge in [0.2, 0.25) is 0 Å². The van der Waals surface area contributed by atoms with Crippen LogP contribution in [-0.4, -0.2) is 47.0 Å². The van der Waals surface area contributed by atoms with Crippen LogP contribution in [0.5, 0.6) is 23.0 Å². The summed E-state index contributed by atoms with van der Waals surface area (Å²) in [7, 11) is 0. The number of benzene rings is 3. The van der Waals surface area contributed by atoms with Gasteiger partial charge in [-0.3, -0.25) is 4.90 Å². The van der Waals surface area contributed by atoms with Gasteiger partial charge in [-0.2, -0.15) is 0 Å². The summed E-state index contributed by atoms with van der Waals surface area (Å²) in [4.78, 5) is 2.54. The molecule has 5 nitrogen and oxygen atoms in total. The molecule has 1 saturated heterocycles. The van der Waals surface area contributed by atoms with E-state index in [1.165, 1.54) is 25.5 Å². The summed E-state index contributed by atoms with van der Waals surface area (Å²) in [6.07, 6.45) is 3.46. The van der Waals surface area contributed by atoms with Crippen molar-refractivity contribution in [1.82, 2.24) is 4.90 Å². The third kappa shape index (κ3) is 9.56. The predicted molar refractivity (Wildman–Crippen MR) is 153 cm³/mol. The number of ether oxygens (including phenoxy) is 2. The quantitative estimate of drug-likeness (QED) is 0.364. The number of likely N-dealkylation sites (tertiary alicyclic amines) is 1. The van der Waals surface area contributed by atoms with Crippen LogP contribution in [0.2, 0.25) is 0 Å². The molecule has 0 saturated carbocycles. The monoisotopic (exact) mass is 525 g/mol. The lowest BCUT2D eigenvalue weighted by molar-refractivity contribution is 0.141. The first-order valence-corrected chi connectivity index (χ1v) is 13.7. The number of hydrogen-bond acceptors (Lipinski definition) is 5. The van der Waals surface area contributed by atoms with Gasteiger partial charge in [-0.05, 0) is 82.0 Å². The second-order valence-electron chi connectivity index (χ2n) is 9.39. The summed E-state index contributed by atoms with van der Waals surface area (Å²) in [5.41, 5.74) is 0.506. The van der Waals surface area contributed by atoms with E-state index >= 15 is 0 Å². The molecule has 2 aliphatic heterocycles. The van der Waals surface area contributed by atoms with E-state index in [1.807, 2.05) is 57.2 Å². The van der Waals surface area contributed by atoms with Gasteiger partial charge in [0.05, 0.1) is 6.61 Å². The number of phenolic OH excluding ortho intramolecular Hbond substituents is 2. The fourth-order valence-corrected chi connectivity index (χ4v) is 4.51. The van der Waals surface area contributed by atoms with Crippen LogP contribution in [0.1, 0.15) is 65.4 Å². The molecule has 1 fully saturated rings. The molecule has 38 heavy (non-hydrogen) atoms. The van der Waals surface area contributed by atoms with Crippen molar-refractivity contribution >= 4 is 0 Å². The van der Waals surface area contributed by atoms with Crippen molar-refractivity contribution in [2.45, 2.75) is 71.9 Å². The summed E-state index contributed by atoms with van der Waals surface area (Å²) >= 11 is 0. The maximum absolute atomic E-state index is 13.4. The van der Waals surface area contributed by atoms with Crippen molar-refractivity contribution in [1.29, 1.82) is 0 Å². The molecular formula is C32H44FNO4. The largest absolute Gasteiger partial charge is 0.508 e. The van der Waals surface area contributed by atoms with Crippen LogP contribution in [0.15, 0.2) is 72.8 Å². The first kappa shape index (κ1) is 31.0. The maximum Gasteiger partial charge on any atom is 0.171 e. The van der Waals surface area contributed by atoms with E-state index in [2.05, 4.69) is 18.7 Å². The second kappa shape index (κ2) is 16.6. The molecule has 0 spiro atoms. The molecule has 6 heteroatoms. The molecule has 0 aliphatic carbocycles. The van der Waals surface area contributed by atoms with Crippen LogP contribution < -0.4 is 9.47 Å². The van der Waals surface area contributed by atoms with Crippen LogP contribution in [0.25, 0.3) is 0 Å². The average molecular weight is 526 g/mol. The normalized spacial score (nSPS) is 18.6. The summed E-state index contributed by atoms with van der Waals surface area (Å²) < 4.78 is 24.5. The van der Waals surface area contributed by atoms with E-state index in [0.29, 0.717) is 29.7 Å². The first-order chi connectivity index (χ1) is 18.4. The van der Waals surface area contributed by atoms with E-state index in [9.17, 15) is 4.39 Å². The Bertz CT molecular complexity index is 1050. The summed E-state index contributed by atoms with van der Waals surface area (Å²) in [5.74, 6) is 1.15. The molecule has 2 N–H and O–H groups in total. The Balaban J connectivity index is 0.000000206. The van der Waals surface area contributed by atoms with Crippen molar-refractivity contribution in [2.75, 3.05) is 19.8 Å². The van der Waals surface area contributed by atoms with Gasteiger partial charge in [0, 0.05) is 17.6 Å². The highest BCUT2D eigenvalue weighted by Gasteiger charge is 2.25.